The van der Waals surface area contributed by atoms with Crippen molar-refractivity contribution in [2.75, 3.05) is 0 Å². The molecule has 0 aliphatic carbocycles. The summed E-state index contributed by atoms with van der Waals surface area (Å²) >= 11 is 0. The standard InChI is InChI=1S/C17H30N2O/c1-2-3-4-5-6-7-8-9-10-11-12-17(20)16-13-18-15-19-14-16/h13-15,17,20H,2-12H2,1H3. The van der Waals surface area contributed by atoms with Gasteiger partial charge in [-0.1, -0.05) is 71.1 Å². The molecule has 0 aliphatic rings. The van der Waals surface area contributed by atoms with E-state index in [4.69, 9.17) is 0 Å². The molecule has 0 aliphatic heterocycles. The Balaban J connectivity index is 1.90. The zero-order valence-electron chi connectivity index (χ0n) is 12.9. The molecule has 0 radical (unpaired) electrons. The van der Waals surface area contributed by atoms with Crippen molar-refractivity contribution in [3.05, 3.63) is 24.3 Å². The lowest BCUT2D eigenvalue weighted by atomic mass is 10.0. The molecule has 0 saturated carbocycles. The van der Waals surface area contributed by atoms with Crippen LogP contribution in [0.25, 0.3) is 0 Å². The van der Waals surface area contributed by atoms with Crippen LogP contribution < -0.4 is 0 Å². The minimum absolute atomic E-state index is 0.398. The molecule has 3 nitrogen and oxygen atoms in total. The maximum atomic E-state index is 9.96. The Hall–Kier alpha value is -0.960. The lowest BCUT2D eigenvalue weighted by Gasteiger charge is -2.09. The van der Waals surface area contributed by atoms with Gasteiger partial charge in [0.2, 0.25) is 0 Å². The van der Waals surface area contributed by atoms with Gasteiger partial charge in [-0.05, 0) is 6.42 Å². The predicted molar refractivity (Wildman–Crippen MR) is 83.5 cm³/mol. The first kappa shape index (κ1) is 17.1. The first-order valence-electron chi connectivity index (χ1n) is 8.27. The normalized spacial score (nSPS) is 12.5. The van der Waals surface area contributed by atoms with Crippen molar-refractivity contribution in [3.63, 3.8) is 0 Å². The second-order valence-corrected chi connectivity index (χ2v) is 5.66. The Kier molecular flexibility index (Phi) is 10.1. The van der Waals surface area contributed by atoms with Crippen LogP contribution in [0.2, 0.25) is 0 Å². The molecule has 1 heterocycles. The highest BCUT2D eigenvalue weighted by Crippen LogP contribution is 2.18. The highest BCUT2D eigenvalue weighted by Gasteiger charge is 2.06. The fraction of sp³-hybridized carbons (Fsp3) is 0.765. The van der Waals surface area contributed by atoms with Gasteiger partial charge < -0.3 is 5.11 Å². The molecular formula is C17H30N2O. The van der Waals surface area contributed by atoms with Crippen LogP contribution in [-0.2, 0) is 0 Å². The van der Waals surface area contributed by atoms with E-state index in [-0.39, 0.29) is 0 Å². The van der Waals surface area contributed by atoms with Crippen molar-refractivity contribution in [1.29, 1.82) is 0 Å². The van der Waals surface area contributed by atoms with Crippen LogP contribution in [0, 0.1) is 0 Å². The van der Waals surface area contributed by atoms with Gasteiger partial charge in [-0.2, -0.15) is 0 Å². The first-order chi connectivity index (χ1) is 9.84. The Labute approximate surface area is 123 Å². The highest BCUT2D eigenvalue weighted by atomic mass is 16.3. The van der Waals surface area contributed by atoms with Crippen LogP contribution in [0.1, 0.15) is 89.2 Å². The molecule has 0 spiro atoms. The molecule has 1 atom stereocenters. The summed E-state index contributed by atoms with van der Waals surface area (Å²) < 4.78 is 0. The van der Waals surface area contributed by atoms with Crippen LogP contribution in [0.5, 0.6) is 0 Å². The average molecular weight is 278 g/mol. The van der Waals surface area contributed by atoms with Crippen LogP contribution in [0.3, 0.4) is 0 Å². The Morgan fingerprint density at radius 3 is 1.90 bits per heavy atom. The third-order valence-electron chi connectivity index (χ3n) is 3.80. The van der Waals surface area contributed by atoms with Crippen LogP contribution >= 0.6 is 0 Å². The van der Waals surface area contributed by atoms with E-state index in [1.165, 1.54) is 64.1 Å². The minimum Gasteiger partial charge on any atom is -0.388 e. The lowest BCUT2D eigenvalue weighted by molar-refractivity contribution is 0.162. The van der Waals surface area contributed by atoms with Crippen molar-refractivity contribution in [2.24, 2.45) is 0 Å². The minimum atomic E-state index is -0.398. The second-order valence-electron chi connectivity index (χ2n) is 5.66. The van der Waals surface area contributed by atoms with Crippen LogP contribution in [-0.4, -0.2) is 15.1 Å². The summed E-state index contributed by atoms with van der Waals surface area (Å²) in [6, 6.07) is 0. The predicted octanol–water partition coefficient (Wildman–Crippen LogP) is 4.82. The smallest absolute Gasteiger partial charge is 0.115 e. The van der Waals surface area contributed by atoms with E-state index >= 15 is 0 Å². The Morgan fingerprint density at radius 1 is 0.850 bits per heavy atom. The van der Waals surface area contributed by atoms with Gasteiger partial charge in [0.15, 0.2) is 0 Å². The molecule has 1 N–H and O–H groups in total. The van der Waals surface area contributed by atoms with Gasteiger partial charge in [-0.25, -0.2) is 9.97 Å². The van der Waals surface area contributed by atoms with E-state index in [2.05, 4.69) is 16.9 Å². The number of rotatable bonds is 12. The lowest BCUT2D eigenvalue weighted by Crippen LogP contribution is -1.98. The number of hydrogen-bond donors (Lipinski definition) is 1. The molecule has 1 aromatic heterocycles. The zero-order chi connectivity index (χ0) is 14.5. The Morgan fingerprint density at radius 2 is 1.35 bits per heavy atom. The van der Waals surface area contributed by atoms with Gasteiger partial charge in [0.25, 0.3) is 0 Å². The van der Waals surface area contributed by atoms with Gasteiger partial charge in [0.05, 0.1) is 6.10 Å². The molecule has 0 aromatic carbocycles. The molecule has 0 bridgehead atoms. The third kappa shape index (κ3) is 8.26. The van der Waals surface area contributed by atoms with E-state index in [0.29, 0.717) is 0 Å². The summed E-state index contributed by atoms with van der Waals surface area (Å²) in [6.45, 7) is 2.26. The summed E-state index contributed by atoms with van der Waals surface area (Å²) in [5.74, 6) is 0. The molecule has 1 unspecified atom stereocenters. The van der Waals surface area contributed by atoms with Crippen LogP contribution in [0.15, 0.2) is 18.7 Å². The maximum Gasteiger partial charge on any atom is 0.115 e. The number of unbranched alkanes of at least 4 members (excludes halogenated alkanes) is 9. The van der Waals surface area contributed by atoms with Gasteiger partial charge >= 0.3 is 0 Å². The molecular weight excluding hydrogens is 248 g/mol. The van der Waals surface area contributed by atoms with E-state index in [1.54, 1.807) is 12.4 Å². The first-order valence-corrected chi connectivity index (χ1v) is 8.27. The summed E-state index contributed by atoms with van der Waals surface area (Å²) in [7, 11) is 0. The molecule has 3 heteroatoms. The number of nitrogens with zero attached hydrogens (tertiary/aromatic N) is 2. The van der Waals surface area contributed by atoms with Crippen molar-refractivity contribution >= 4 is 0 Å². The quantitative estimate of drug-likeness (QED) is 0.557. The van der Waals surface area contributed by atoms with E-state index in [0.717, 1.165) is 18.4 Å². The zero-order valence-corrected chi connectivity index (χ0v) is 12.9. The number of aromatic nitrogens is 2. The topological polar surface area (TPSA) is 46.0 Å². The number of hydrogen-bond acceptors (Lipinski definition) is 3. The van der Waals surface area contributed by atoms with Crippen LogP contribution in [0.4, 0.5) is 0 Å². The molecule has 20 heavy (non-hydrogen) atoms. The fourth-order valence-electron chi connectivity index (χ4n) is 2.47. The van der Waals surface area contributed by atoms with Gasteiger partial charge in [-0.15, -0.1) is 0 Å². The van der Waals surface area contributed by atoms with Gasteiger partial charge in [0, 0.05) is 18.0 Å². The highest BCUT2D eigenvalue weighted by molar-refractivity contribution is 5.05. The molecule has 1 aromatic rings. The van der Waals surface area contributed by atoms with Crippen molar-refractivity contribution < 1.29 is 5.11 Å². The third-order valence-corrected chi connectivity index (χ3v) is 3.80. The van der Waals surface area contributed by atoms with Gasteiger partial charge in [-0.3, -0.25) is 0 Å². The molecule has 0 saturated heterocycles. The largest absolute Gasteiger partial charge is 0.388 e. The summed E-state index contributed by atoms with van der Waals surface area (Å²) in [4.78, 5) is 7.87. The fourth-order valence-corrected chi connectivity index (χ4v) is 2.47. The van der Waals surface area contributed by atoms with E-state index < -0.39 is 6.10 Å². The number of aliphatic hydroxyl groups excluding tert-OH is 1. The molecule has 1 rings (SSSR count). The summed E-state index contributed by atoms with van der Waals surface area (Å²) in [5, 5.41) is 9.96. The molecule has 0 amide bonds. The SMILES string of the molecule is CCCCCCCCCCCCC(O)c1cncnc1. The summed E-state index contributed by atoms with van der Waals surface area (Å²) in [6.07, 6.45) is 18.6. The number of aliphatic hydroxyl groups is 1. The maximum absolute atomic E-state index is 9.96. The van der Waals surface area contributed by atoms with Crippen molar-refractivity contribution in [3.8, 4) is 0 Å². The Bertz CT molecular complexity index is 316. The van der Waals surface area contributed by atoms with E-state index in [9.17, 15) is 5.11 Å². The van der Waals surface area contributed by atoms with Gasteiger partial charge in [0.1, 0.15) is 6.33 Å². The molecule has 0 fully saturated rings. The summed E-state index contributed by atoms with van der Waals surface area (Å²) in [5.41, 5.74) is 0.837. The molecule has 114 valence electrons. The van der Waals surface area contributed by atoms with Crippen molar-refractivity contribution in [2.45, 2.75) is 83.7 Å². The monoisotopic (exact) mass is 278 g/mol. The van der Waals surface area contributed by atoms with Crippen molar-refractivity contribution in [1.82, 2.24) is 9.97 Å². The average Bonchev–Trinajstić information content (AvgIpc) is 2.50. The van der Waals surface area contributed by atoms with E-state index in [1.807, 2.05) is 0 Å². The second kappa shape index (κ2) is 11.8.